The summed E-state index contributed by atoms with van der Waals surface area (Å²) in [5.74, 6) is 0. The van der Waals surface area contributed by atoms with Gasteiger partial charge in [-0.1, -0.05) is 6.42 Å². The van der Waals surface area contributed by atoms with Crippen LogP contribution in [0.4, 0.5) is 0 Å². The lowest BCUT2D eigenvalue weighted by Crippen LogP contribution is -1.97. The molecule has 2 nitrogen and oxygen atoms in total. The van der Waals surface area contributed by atoms with Crippen molar-refractivity contribution < 1.29 is 4.79 Å². The third-order valence-electron chi connectivity index (χ3n) is 0.983. The van der Waals surface area contributed by atoms with E-state index in [1.165, 1.54) is 0 Å². The molecule has 47 valence electrons. The van der Waals surface area contributed by atoms with Gasteiger partial charge >= 0.3 is 0 Å². The largest absolute Gasteiger partial charge is 0.330 e. The first-order valence-corrected chi connectivity index (χ1v) is 2.97. The molecule has 0 aromatic carbocycles. The number of rotatable bonds is 5. The van der Waals surface area contributed by atoms with Gasteiger partial charge in [0.05, 0.1) is 0 Å². The van der Waals surface area contributed by atoms with Gasteiger partial charge in [0.1, 0.15) is 0 Å². The summed E-state index contributed by atoms with van der Waals surface area (Å²) in [5.41, 5.74) is 5.21. The van der Waals surface area contributed by atoms with Crippen molar-refractivity contribution in [2.75, 3.05) is 6.54 Å². The third kappa shape index (κ3) is 5.63. The fourth-order valence-electron chi connectivity index (χ4n) is 0.518. The first-order valence-electron chi connectivity index (χ1n) is 2.97. The molecule has 0 spiro atoms. The Labute approximate surface area is 50.1 Å². The maximum atomic E-state index is 9.61. The van der Waals surface area contributed by atoms with E-state index in [1.54, 1.807) is 0 Å². The molecule has 0 aromatic rings. The third-order valence-corrected chi connectivity index (χ3v) is 0.983. The van der Waals surface area contributed by atoms with Crippen molar-refractivity contribution in [3.05, 3.63) is 0 Å². The van der Waals surface area contributed by atoms with E-state index in [-0.39, 0.29) is 0 Å². The minimum Gasteiger partial charge on any atom is -0.330 e. The summed E-state index contributed by atoms with van der Waals surface area (Å²) in [6.45, 7) is 0.735. The van der Waals surface area contributed by atoms with Gasteiger partial charge in [-0.2, -0.15) is 0 Å². The maximum Gasteiger partial charge on any atom is 0.198 e. The number of carbonyl (C=O) groups excluding carboxylic acids is 1. The normalized spacial score (nSPS) is 9.12. The van der Waals surface area contributed by atoms with Gasteiger partial charge in [-0.15, -0.1) is 0 Å². The highest BCUT2D eigenvalue weighted by Gasteiger charge is 1.84. The molecule has 2 N–H and O–H groups in total. The second kappa shape index (κ2) is 6.63. The highest BCUT2D eigenvalue weighted by atomic mass is 16.1. The molecule has 0 saturated heterocycles. The zero-order valence-corrected chi connectivity index (χ0v) is 5.02. The highest BCUT2D eigenvalue weighted by molar-refractivity contribution is 5.50. The summed E-state index contributed by atoms with van der Waals surface area (Å²) in [7, 11) is 0. The average Bonchev–Trinajstić information content (AvgIpc) is 1.81. The molecular formula is C6H12NO. The molecule has 2 heteroatoms. The van der Waals surface area contributed by atoms with E-state index < -0.39 is 0 Å². The number of nitrogens with two attached hydrogens (primary N) is 1. The SMILES string of the molecule is NCCCCC[C]=O. The number of unbranched alkanes of at least 4 members (excludes halogenated alkanes) is 3. The molecular weight excluding hydrogens is 102 g/mol. The molecule has 0 unspecified atom stereocenters. The van der Waals surface area contributed by atoms with E-state index in [0.29, 0.717) is 6.42 Å². The minimum absolute atomic E-state index is 0.569. The first-order chi connectivity index (χ1) is 3.91. The molecule has 8 heavy (non-hydrogen) atoms. The molecule has 0 heterocycles. The Morgan fingerprint density at radius 1 is 1.25 bits per heavy atom. The van der Waals surface area contributed by atoms with E-state index in [2.05, 4.69) is 0 Å². The van der Waals surface area contributed by atoms with Crippen LogP contribution in [0.2, 0.25) is 0 Å². The predicted octanol–water partition coefficient (Wildman–Crippen LogP) is 0.615. The summed E-state index contributed by atoms with van der Waals surface area (Å²) >= 11 is 0. The van der Waals surface area contributed by atoms with E-state index >= 15 is 0 Å². The molecule has 1 radical (unpaired) electrons. The second-order valence-electron chi connectivity index (χ2n) is 1.74. The Hall–Kier alpha value is -0.370. The Kier molecular flexibility index (Phi) is 6.32. The lowest BCUT2D eigenvalue weighted by atomic mass is 10.2. The highest BCUT2D eigenvalue weighted by Crippen LogP contribution is 1.94. The minimum atomic E-state index is 0.569. The smallest absolute Gasteiger partial charge is 0.198 e. The molecule has 0 saturated carbocycles. The van der Waals surface area contributed by atoms with Gasteiger partial charge in [0.2, 0.25) is 0 Å². The standard InChI is InChI=1S/C6H12NO/c7-5-3-1-2-4-6-8/h1-5,7H2. The van der Waals surface area contributed by atoms with Crippen LogP contribution >= 0.6 is 0 Å². The summed E-state index contributed by atoms with van der Waals surface area (Å²) in [6.07, 6.45) is 5.44. The molecule has 0 fully saturated rings. The van der Waals surface area contributed by atoms with Gasteiger partial charge < -0.3 is 5.73 Å². The zero-order chi connectivity index (χ0) is 6.24. The van der Waals surface area contributed by atoms with Crippen LogP contribution < -0.4 is 5.73 Å². The van der Waals surface area contributed by atoms with Crippen molar-refractivity contribution in [3.8, 4) is 0 Å². The van der Waals surface area contributed by atoms with Crippen molar-refractivity contribution >= 4 is 6.29 Å². The predicted molar refractivity (Wildman–Crippen MR) is 33.2 cm³/mol. The molecule has 0 atom stereocenters. The Balaban J connectivity index is 2.62. The van der Waals surface area contributed by atoms with Gasteiger partial charge in [-0.25, -0.2) is 0 Å². The van der Waals surface area contributed by atoms with E-state index in [9.17, 15) is 4.79 Å². The van der Waals surface area contributed by atoms with Crippen LogP contribution in [0.5, 0.6) is 0 Å². The molecule has 0 aromatic heterocycles. The van der Waals surface area contributed by atoms with Crippen LogP contribution in [0.1, 0.15) is 25.7 Å². The van der Waals surface area contributed by atoms with E-state index in [0.717, 1.165) is 25.8 Å². The Bertz CT molecular complexity index is 54.5. The molecule has 0 rings (SSSR count). The van der Waals surface area contributed by atoms with Crippen molar-refractivity contribution in [2.45, 2.75) is 25.7 Å². The van der Waals surface area contributed by atoms with Gasteiger partial charge in [-0.05, 0) is 19.4 Å². The van der Waals surface area contributed by atoms with E-state index in [4.69, 9.17) is 5.73 Å². The summed E-state index contributed by atoms with van der Waals surface area (Å²) < 4.78 is 0. The maximum absolute atomic E-state index is 9.61. The zero-order valence-electron chi connectivity index (χ0n) is 5.02. The fourth-order valence-corrected chi connectivity index (χ4v) is 0.518. The Morgan fingerprint density at radius 2 is 2.00 bits per heavy atom. The summed E-state index contributed by atoms with van der Waals surface area (Å²) in [5, 5.41) is 0. The second-order valence-corrected chi connectivity index (χ2v) is 1.74. The van der Waals surface area contributed by atoms with Crippen molar-refractivity contribution in [2.24, 2.45) is 5.73 Å². The van der Waals surface area contributed by atoms with Gasteiger partial charge in [0, 0.05) is 6.42 Å². The molecule has 0 aliphatic heterocycles. The van der Waals surface area contributed by atoms with Gasteiger partial charge in [0.25, 0.3) is 0 Å². The molecule has 0 bridgehead atoms. The van der Waals surface area contributed by atoms with Crippen LogP contribution in [0.3, 0.4) is 0 Å². The van der Waals surface area contributed by atoms with Crippen LogP contribution in [0.25, 0.3) is 0 Å². The van der Waals surface area contributed by atoms with Gasteiger partial charge in [-0.3, -0.25) is 4.79 Å². The topological polar surface area (TPSA) is 43.1 Å². The van der Waals surface area contributed by atoms with Crippen LogP contribution in [-0.2, 0) is 4.79 Å². The average molecular weight is 114 g/mol. The van der Waals surface area contributed by atoms with Crippen LogP contribution in [0.15, 0.2) is 0 Å². The van der Waals surface area contributed by atoms with E-state index in [1.807, 2.05) is 6.29 Å². The lowest BCUT2D eigenvalue weighted by Gasteiger charge is -1.90. The summed E-state index contributed by atoms with van der Waals surface area (Å²) in [6, 6.07) is 0. The summed E-state index contributed by atoms with van der Waals surface area (Å²) in [4.78, 5) is 9.61. The Morgan fingerprint density at radius 3 is 2.50 bits per heavy atom. The first kappa shape index (κ1) is 7.63. The number of hydrogen-bond acceptors (Lipinski definition) is 2. The molecule has 0 aliphatic carbocycles. The van der Waals surface area contributed by atoms with Gasteiger partial charge in [0.15, 0.2) is 6.29 Å². The van der Waals surface area contributed by atoms with Crippen molar-refractivity contribution in [3.63, 3.8) is 0 Å². The fraction of sp³-hybridized carbons (Fsp3) is 0.833. The van der Waals surface area contributed by atoms with Crippen molar-refractivity contribution in [1.29, 1.82) is 0 Å². The number of hydrogen-bond donors (Lipinski definition) is 1. The lowest BCUT2D eigenvalue weighted by molar-refractivity contribution is 0.545. The van der Waals surface area contributed by atoms with Crippen molar-refractivity contribution in [1.82, 2.24) is 0 Å². The van der Waals surface area contributed by atoms with Crippen LogP contribution in [-0.4, -0.2) is 12.8 Å². The monoisotopic (exact) mass is 114 g/mol. The van der Waals surface area contributed by atoms with Crippen LogP contribution in [0, 0.1) is 0 Å². The quantitative estimate of drug-likeness (QED) is 0.532. The molecule has 0 aliphatic rings. The molecule has 0 amide bonds.